The molecule has 100 valence electrons. The van der Waals surface area contributed by atoms with E-state index in [4.69, 9.17) is 5.73 Å². The quantitative estimate of drug-likeness (QED) is 0.642. The Hall–Kier alpha value is -1.65. The highest BCUT2D eigenvalue weighted by Gasteiger charge is 2.09. The normalized spacial score (nSPS) is 12.6. The van der Waals surface area contributed by atoms with Crippen molar-refractivity contribution in [1.82, 2.24) is 5.32 Å². The summed E-state index contributed by atoms with van der Waals surface area (Å²) in [7, 11) is 0. The van der Waals surface area contributed by atoms with Gasteiger partial charge < -0.3 is 11.1 Å². The lowest BCUT2D eigenvalue weighted by Crippen LogP contribution is -2.45. The SMILES string of the molecule is CC(C)(C)NC(N)=NCCc1cc(F)cc(F)c1. The zero-order chi connectivity index (χ0) is 13.8. The highest BCUT2D eigenvalue weighted by Crippen LogP contribution is 2.08. The van der Waals surface area contributed by atoms with Gasteiger partial charge in [-0.3, -0.25) is 4.99 Å². The predicted molar refractivity (Wildman–Crippen MR) is 69.4 cm³/mol. The minimum atomic E-state index is -0.574. The Kier molecular flexibility index (Phi) is 4.64. The first kappa shape index (κ1) is 14.4. The van der Waals surface area contributed by atoms with Gasteiger partial charge in [0.15, 0.2) is 5.96 Å². The Morgan fingerprint density at radius 3 is 2.28 bits per heavy atom. The molecule has 1 aromatic carbocycles. The molecule has 0 radical (unpaired) electrons. The second-order valence-electron chi connectivity index (χ2n) is 5.17. The first-order valence-corrected chi connectivity index (χ1v) is 5.79. The van der Waals surface area contributed by atoms with Crippen LogP contribution in [0.15, 0.2) is 23.2 Å². The van der Waals surface area contributed by atoms with Crippen molar-refractivity contribution >= 4 is 5.96 Å². The van der Waals surface area contributed by atoms with Crippen molar-refractivity contribution in [3.8, 4) is 0 Å². The molecule has 0 atom stereocenters. The molecule has 0 aromatic heterocycles. The number of rotatable bonds is 3. The van der Waals surface area contributed by atoms with Gasteiger partial charge in [-0.2, -0.15) is 0 Å². The lowest BCUT2D eigenvalue weighted by atomic mass is 10.1. The van der Waals surface area contributed by atoms with Gasteiger partial charge in [0.2, 0.25) is 0 Å². The molecule has 0 saturated carbocycles. The maximum atomic E-state index is 12.9. The number of guanidine groups is 1. The van der Waals surface area contributed by atoms with E-state index in [0.717, 1.165) is 6.07 Å². The second kappa shape index (κ2) is 5.80. The topological polar surface area (TPSA) is 50.4 Å². The fourth-order valence-electron chi connectivity index (χ4n) is 1.48. The number of hydrogen-bond donors (Lipinski definition) is 2. The number of nitrogens with zero attached hydrogens (tertiary/aromatic N) is 1. The fourth-order valence-corrected chi connectivity index (χ4v) is 1.48. The van der Waals surface area contributed by atoms with E-state index in [1.165, 1.54) is 12.1 Å². The lowest BCUT2D eigenvalue weighted by Gasteiger charge is -2.20. The van der Waals surface area contributed by atoms with Crippen molar-refractivity contribution in [3.63, 3.8) is 0 Å². The molecular weight excluding hydrogens is 236 g/mol. The molecule has 0 aliphatic rings. The average molecular weight is 255 g/mol. The van der Waals surface area contributed by atoms with Crippen LogP contribution in [0.1, 0.15) is 26.3 Å². The van der Waals surface area contributed by atoms with Crippen LogP contribution < -0.4 is 11.1 Å². The molecule has 0 heterocycles. The average Bonchev–Trinajstić information content (AvgIpc) is 2.12. The highest BCUT2D eigenvalue weighted by molar-refractivity contribution is 5.78. The summed E-state index contributed by atoms with van der Waals surface area (Å²) in [6.07, 6.45) is 0.446. The third-order valence-electron chi connectivity index (χ3n) is 2.11. The van der Waals surface area contributed by atoms with Crippen LogP contribution in [0.3, 0.4) is 0 Å². The molecule has 0 fully saturated rings. The van der Waals surface area contributed by atoms with Crippen molar-refractivity contribution in [2.24, 2.45) is 10.7 Å². The molecule has 0 aliphatic heterocycles. The molecular formula is C13H19F2N3. The van der Waals surface area contributed by atoms with Gasteiger partial charge in [0, 0.05) is 18.2 Å². The summed E-state index contributed by atoms with van der Waals surface area (Å²) in [5.41, 5.74) is 6.09. The van der Waals surface area contributed by atoms with E-state index in [-0.39, 0.29) is 5.54 Å². The summed E-state index contributed by atoms with van der Waals surface area (Å²) in [5.74, 6) is -0.816. The monoisotopic (exact) mass is 255 g/mol. The molecule has 18 heavy (non-hydrogen) atoms. The van der Waals surface area contributed by atoms with E-state index in [2.05, 4.69) is 10.3 Å². The maximum absolute atomic E-state index is 12.9. The van der Waals surface area contributed by atoms with Crippen LogP contribution in [0, 0.1) is 11.6 Å². The standard InChI is InChI=1S/C13H19F2N3/c1-13(2,3)18-12(16)17-5-4-9-6-10(14)8-11(15)7-9/h6-8H,4-5H2,1-3H3,(H3,16,17,18). The number of aliphatic imine (C=N–C) groups is 1. The number of halogens is 2. The van der Waals surface area contributed by atoms with Gasteiger partial charge in [-0.1, -0.05) is 0 Å². The molecule has 0 bridgehead atoms. The van der Waals surface area contributed by atoms with Crippen molar-refractivity contribution < 1.29 is 8.78 Å². The maximum Gasteiger partial charge on any atom is 0.188 e. The third kappa shape index (κ3) is 5.61. The Bertz CT molecular complexity index is 416. The van der Waals surface area contributed by atoms with Gasteiger partial charge >= 0.3 is 0 Å². The third-order valence-corrected chi connectivity index (χ3v) is 2.11. The second-order valence-corrected chi connectivity index (χ2v) is 5.17. The van der Waals surface area contributed by atoms with E-state index >= 15 is 0 Å². The number of hydrogen-bond acceptors (Lipinski definition) is 1. The largest absolute Gasteiger partial charge is 0.370 e. The Morgan fingerprint density at radius 2 is 1.78 bits per heavy atom. The zero-order valence-electron chi connectivity index (χ0n) is 10.9. The molecule has 0 saturated heterocycles. The predicted octanol–water partition coefficient (Wildman–Crippen LogP) is 2.21. The molecule has 0 aliphatic carbocycles. The molecule has 0 spiro atoms. The van der Waals surface area contributed by atoms with E-state index in [1.54, 1.807) is 0 Å². The molecule has 3 N–H and O–H groups in total. The van der Waals surface area contributed by atoms with Crippen LogP contribution in [0.5, 0.6) is 0 Å². The summed E-state index contributed by atoms with van der Waals surface area (Å²) < 4.78 is 25.8. The molecule has 0 amide bonds. The number of benzene rings is 1. The van der Waals surface area contributed by atoms with Gasteiger partial charge in [0.05, 0.1) is 0 Å². The zero-order valence-corrected chi connectivity index (χ0v) is 10.9. The first-order chi connectivity index (χ1) is 8.26. The minimum absolute atomic E-state index is 0.154. The first-order valence-electron chi connectivity index (χ1n) is 5.79. The molecule has 1 rings (SSSR count). The van der Waals surface area contributed by atoms with E-state index in [0.29, 0.717) is 24.5 Å². The van der Waals surface area contributed by atoms with Crippen LogP contribution in [0.4, 0.5) is 8.78 Å². The summed E-state index contributed by atoms with van der Waals surface area (Å²) in [6.45, 7) is 6.30. The molecule has 5 heteroatoms. The Morgan fingerprint density at radius 1 is 1.22 bits per heavy atom. The van der Waals surface area contributed by atoms with E-state index in [1.807, 2.05) is 20.8 Å². The highest BCUT2D eigenvalue weighted by atomic mass is 19.1. The summed E-state index contributed by atoms with van der Waals surface area (Å²) in [4.78, 5) is 4.10. The van der Waals surface area contributed by atoms with Crippen LogP contribution in [0.25, 0.3) is 0 Å². The van der Waals surface area contributed by atoms with E-state index in [9.17, 15) is 8.78 Å². The van der Waals surface area contributed by atoms with Crippen LogP contribution in [-0.2, 0) is 6.42 Å². The van der Waals surface area contributed by atoms with Gasteiger partial charge in [-0.15, -0.1) is 0 Å². The van der Waals surface area contributed by atoms with Crippen LogP contribution in [0.2, 0.25) is 0 Å². The molecule has 1 aromatic rings. The number of nitrogens with two attached hydrogens (primary N) is 1. The number of nitrogens with one attached hydrogen (secondary N) is 1. The smallest absolute Gasteiger partial charge is 0.188 e. The minimum Gasteiger partial charge on any atom is -0.370 e. The van der Waals surface area contributed by atoms with Crippen LogP contribution >= 0.6 is 0 Å². The molecule has 0 unspecified atom stereocenters. The Labute approximate surface area is 106 Å². The van der Waals surface area contributed by atoms with E-state index < -0.39 is 11.6 Å². The van der Waals surface area contributed by atoms with Gasteiger partial charge in [0.1, 0.15) is 11.6 Å². The van der Waals surface area contributed by atoms with Gasteiger partial charge in [-0.05, 0) is 44.9 Å². The summed E-state index contributed by atoms with van der Waals surface area (Å²) >= 11 is 0. The van der Waals surface area contributed by atoms with Crippen molar-refractivity contribution in [2.75, 3.05) is 6.54 Å². The van der Waals surface area contributed by atoms with Gasteiger partial charge in [-0.25, -0.2) is 8.78 Å². The van der Waals surface area contributed by atoms with Crippen molar-refractivity contribution in [1.29, 1.82) is 0 Å². The Balaban J connectivity index is 2.53. The summed E-state index contributed by atoms with van der Waals surface area (Å²) in [5, 5.41) is 3.01. The van der Waals surface area contributed by atoms with Gasteiger partial charge in [0.25, 0.3) is 0 Å². The molecule has 3 nitrogen and oxygen atoms in total. The van der Waals surface area contributed by atoms with Crippen LogP contribution in [-0.4, -0.2) is 18.0 Å². The van der Waals surface area contributed by atoms with Crippen molar-refractivity contribution in [2.45, 2.75) is 32.7 Å². The lowest BCUT2D eigenvalue weighted by molar-refractivity contribution is 0.508. The van der Waals surface area contributed by atoms with Crippen molar-refractivity contribution in [3.05, 3.63) is 35.4 Å². The summed E-state index contributed by atoms with van der Waals surface area (Å²) in [6, 6.07) is 3.44. The fraction of sp³-hybridized carbons (Fsp3) is 0.462.